The summed E-state index contributed by atoms with van der Waals surface area (Å²) in [6.07, 6.45) is 0.791. The number of ether oxygens (including phenoxy) is 1. The molecule has 0 aliphatic carbocycles. The Bertz CT molecular complexity index is 597. The molecule has 120 valence electrons. The molecule has 1 rings (SSSR count). The highest BCUT2D eigenvalue weighted by molar-refractivity contribution is 7.89. The Labute approximate surface area is 128 Å². The van der Waals surface area contributed by atoms with Crippen molar-refractivity contribution in [2.45, 2.75) is 45.1 Å². The zero-order valence-electron chi connectivity index (χ0n) is 13.7. The molecule has 0 aliphatic rings. The fourth-order valence-corrected chi connectivity index (χ4v) is 3.80. The highest BCUT2D eigenvalue weighted by Gasteiger charge is 2.29. The van der Waals surface area contributed by atoms with Gasteiger partial charge in [0.15, 0.2) is 0 Å². The van der Waals surface area contributed by atoms with E-state index in [2.05, 4.69) is 13.8 Å². The van der Waals surface area contributed by atoms with Crippen molar-refractivity contribution in [1.29, 1.82) is 0 Å². The van der Waals surface area contributed by atoms with E-state index >= 15 is 0 Å². The van der Waals surface area contributed by atoms with Crippen LogP contribution in [0.1, 0.15) is 32.8 Å². The standard InChI is InChI=1S/C15H26N2O3S/c1-10(2)7-12(4)17(5)21(18,19)15-9-13(16)11(3)8-14(15)20-6/h8-10,12H,7,16H2,1-6H3. The first kappa shape index (κ1) is 17.8. The molecule has 1 unspecified atom stereocenters. The molecule has 2 N–H and O–H groups in total. The number of anilines is 1. The molecule has 5 nitrogen and oxygen atoms in total. The summed E-state index contributed by atoms with van der Waals surface area (Å²) in [5, 5.41) is 0. The quantitative estimate of drug-likeness (QED) is 0.819. The predicted molar refractivity (Wildman–Crippen MR) is 86.0 cm³/mol. The average molecular weight is 314 g/mol. The summed E-state index contributed by atoms with van der Waals surface area (Å²) in [4.78, 5) is 0.117. The number of benzene rings is 1. The molecule has 0 heterocycles. The topological polar surface area (TPSA) is 72.6 Å². The third-order valence-corrected chi connectivity index (χ3v) is 5.64. The van der Waals surface area contributed by atoms with Crippen molar-refractivity contribution in [1.82, 2.24) is 4.31 Å². The summed E-state index contributed by atoms with van der Waals surface area (Å²) in [6, 6.07) is 3.04. The van der Waals surface area contributed by atoms with Gasteiger partial charge in [-0.1, -0.05) is 13.8 Å². The van der Waals surface area contributed by atoms with Gasteiger partial charge in [0, 0.05) is 18.8 Å². The number of methoxy groups -OCH3 is 1. The second-order valence-electron chi connectivity index (χ2n) is 5.86. The van der Waals surface area contributed by atoms with Crippen LogP contribution in [0.15, 0.2) is 17.0 Å². The van der Waals surface area contributed by atoms with E-state index in [0.717, 1.165) is 12.0 Å². The first-order chi connectivity index (χ1) is 9.61. The van der Waals surface area contributed by atoms with Gasteiger partial charge >= 0.3 is 0 Å². The molecule has 0 aromatic heterocycles. The molecule has 0 fully saturated rings. The summed E-state index contributed by atoms with van der Waals surface area (Å²) < 4.78 is 32.2. The van der Waals surface area contributed by atoms with Crippen LogP contribution in [-0.2, 0) is 10.0 Å². The number of nitrogen functional groups attached to an aromatic ring is 1. The minimum Gasteiger partial charge on any atom is -0.495 e. The van der Waals surface area contributed by atoms with E-state index in [1.807, 2.05) is 13.8 Å². The Hall–Kier alpha value is -1.27. The summed E-state index contributed by atoms with van der Waals surface area (Å²) in [5.41, 5.74) is 7.10. The highest BCUT2D eigenvalue weighted by Crippen LogP contribution is 2.31. The van der Waals surface area contributed by atoms with Crippen molar-refractivity contribution in [2.24, 2.45) is 5.92 Å². The van der Waals surface area contributed by atoms with Crippen LogP contribution >= 0.6 is 0 Å². The number of rotatable bonds is 6. The third kappa shape index (κ3) is 3.89. The molecule has 1 atom stereocenters. The molecule has 0 radical (unpaired) electrons. The zero-order chi connectivity index (χ0) is 16.4. The van der Waals surface area contributed by atoms with Gasteiger partial charge in [-0.2, -0.15) is 4.31 Å². The van der Waals surface area contributed by atoms with Crippen LogP contribution in [0.25, 0.3) is 0 Å². The molecule has 6 heteroatoms. The maximum absolute atomic E-state index is 12.8. The molecule has 0 amide bonds. The van der Waals surface area contributed by atoms with Crippen LogP contribution in [0.4, 0.5) is 5.69 Å². The van der Waals surface area contributed by atoms with Crippen LogP contribution in [-0.4, -0.2) is 32.9 Å². The fourth-order valence-electron chi connectivity index (χ4n) is 2.26. The molecule has 0 saturated carbocycles. The lowest BCUT2D eigenvalue weighted by molar-refractivity contribution is 0.335. The van der Waals surface area contributed by atoms with Gasteiger partial charge in [-0.15, -0.1) is 0 Å². The van der Waals surface area contributed by atoms with Crippen molar-refractivity contribution in [3.05, 3.63) is 17.7 Å². The van der Waals surface area contributed by atoms with Gasteiger partial charge in [-0.25, -0.2) is 8.42 Å². The molecular weight excluding hydrogens is 288 g/mol. The van der Waals surface area contributed by atoms with E-state index in [1.165, 1.54) is 17.5 Å². The highest BCUT2D eigenvalue weighted by atomic mass is 32.2. The summed E-state index contributed by atoms with van der Waals surface area (Å²) in [5.74, 6) is 0.743. The smallest absolute Gasteiger partial charge is 0.246 e. The van der Waals surface area contributed by atoms with Gasteiger partial charge < -0.3 is 10.5 Å². The van der Waals surface area contributed by atoms with Crippen molar-refractivity contribution < 1.29 is 13.2 Å². The lowest BCUT2D eigenvalue weighted by atomic mass is 10.1. The second kappa shape index (κ2) is 6.66. The minimum absolute atomic E-state index is 0.0952. The molecule has 0 saturated heterocycles. The summed E-state index contributed by atoms with van der Waals surface area (Å²) in [7, 11) is -0.583. The van der Waals surface area contributed by atoms with Gasteiger partial charge in [-0.3, -0.25) is 0 Å². The van der Waals surface area contributed by atoms with Crippen LogP contribution in [0.3, 0.4) is 0 Å². The number of aryl methyl sites for hydroxylation is 1. The van der Waals surface area contributed by atoms with Crippen molar-refractivity contribution >= 4 is 15.7 Å². The summed E-state index contributed by atoms with van der Waals surface area (Å²) in [6.45, 7) is 7.86. The van der Waals surface area contributed by atoms with Gasteiger partial charge in [0.05, 0.1) is 7.11 Å². The van der Waals surface area contributed by atoms with E-state index in [9.17, 15) is 8.42 Å². The van der Waals surface area contributed by atoms with E-state index in [0.29, 0.717) is 17.4 Å². The molecule has 0 bridgehead atoms. The molecule has 1 aromatic carbocycles. The van der Waals surface area contributed by atoms with Crippen LogP contribution in [0.5, 0.6) is 5.75 Å². The SMILES string of the molecule is COc1cc(C)c(N)cc1S(=O)(=O)N(C)C(C)CC(C)C. The Kier molecular flexibility index (Phi) is 5.64. The largest absolute Gasteiger partial charge is 0.495 e. The van der Waals surface area contributed by atoms with Crippen molar-refractivity contribution in [3.63, 3.8) is 0 Å². The molecule has 0 spiro atoms. The first-order valence-electron chi connectivity index (χ1n) is 7.03. The number of nitrogens with zero attached hydrogens (tertiary/aromatic N) is 1. The van der Waals surface area contributed by atoms with Crippen LogP contribution in [0.2, 0.25) is 0 Å². The van der Waals surface area contributed by atoms with E-state index in [-0.39, 0.29) is 10.9 Å². The molecular formula is C15H26N2O3S. The van der Waals surface area contributed by atoms with Gasteiger partial charge in [-0.05, 0) is 43.9 Å². The Morgan fingerprint density at radius 2 is 1.86 bits per heavy atom. The van der Waals surface area contributed by atoms with Gasteiger partial charge in [0.2, 0.25) is 10.0 Å². The third-order valence-electron chi connectivity index (χ3n) is 3.64. The molecule has 0 aliphatic heterocycles. The first-order valence-corrected chi connectivity index (χ1v) is 8.47. The Morgan fingerprint density at radius 3 is 2.33 bits per heavy atom. The maximum Gasteiger partial charge on any atom is 0.246 e. The Morgan fingerprint density at radius 1 is 1.29 bits per heavy atom. The summed E-state index contributed by atoms with van der Waals surface area (Å²) >= 11 is 0. The van der Waals surface area contributed by atoms with Crippen LogP contribution < -0.4 is 10.5 Å². The average Bonchev–Trinajstić information content (AvgIpc) is 2.39. The van der Waals surface area contributed by atoms with E-state index < -0.39 is 10.0 Å². The predicted octanol–water partition coefficient (Wildman–Crippen LogP) is 2.64. The number of sulfonamides is 1. The van der Waals surface area contributed by atoms with Gasteiger partial charge in [0.25, 0.3) is 0 Å². The van der Waals surface area contributed by atoms with Crippen molar-refractivity contribution in [3.8, 4) is 5.75 Å². The Balaban J connectivity index is 3.27. The van der Waals surface area contributed by atoms with Gasteiger partial charge in [0.1, 0.15) is 10.6 Å². The number of hydrogen-bond acceptors (Lipinski definition) is 4. The normalized spacial score (nSPS) is 13.7. The van der Waals surface area contributed by atoms with Crippen LogP contribution in [0, 0.1) is 12.8 Å². The maximum atomic E-state index is 12.8. The zero-order valence-corrected chi connectivity index (χ0v) is 14.5. The molecule has 1 aromatic rings. The lowest BCUT2D eigenvalue weighted by Gasteiger charge is -2.26. The van der Waals surface area contributed by atoms with Crippen molar-refractivity contribution in [2.75, 3.05) is 19.9 Å². The monoisotopic (exact) mass is 314 g/mol. The lowest BCUT2D eigenvalue weighted by Crippen LogP contribution is -2.36. The second-order valence-corrected chi connectivity index (χ2v) is 7.83. The van der Waals surface area contributed by atoms with E-state index in [1.54, 1.807) is 13.1 Å². The molecule has 21 heavy (non-hydrogen) atoms. The number of hydrogen-bond donors (Lipinski definition) is 1. The number of nitrogens with two attached hydrogens (primary N) is 1. The fraction of sp³-hybridized carbons (Fsp3) is 0.600. The minimum atomic E-state index is -3.64. The van der Waals surface area contributed by atoms with E-state index in [4.69, 9.17) is 10.5 Å².